The molecule has 6 heteroatoms. The molecule has 1 heterocycles. The minimum atomic E-state index is -5.66. The number of benzene rings is 2. The van der Waals surface area contributed by atoms with E-state index in [0.29, 0.717) is 26.1 Å². The first-order chi connectivity index (χ1) is 24.4. The van der Waals surface area contributed by atoms with E-state index in [4.69, 9.17) is 32.3 Å². The molecule has 2 aliphatic rings. The molecule has 0 spiro atoms. The molecule has 0 radical (unpaired) electrons. The highest BCUT2D eigenvalue weighted by molar-refractivity contribution is 5.98. The van der Waals surface area contributed by atoms with Gasteiger partial charge in [-0.05, 0) is 97.2 Å². The van der Waals surface area contributed by atoms with Crippen LogP contribution in [0.3, 0.4) is 0 Å². The molecule has 0 unspecified atom stereocenters. The highest BCUT2D eigenvalue weighted by Crippen LogP contribution is 2.42. The summed E-state index contributed by atoms with van der Waals surface area (Å²) >= 11 is 0. The molecule has 0 aromatic heterocycles. The van der Waals surface area contributed by atoms with Gasteiger partial charge in [0.25, 0.3) is 0 Å². The monoisotopic (exact) mass is 506 g/mol. The molecule has 0 amide bonds. The molecule has 2 fully saturated rings. The lowest BCUT2D eigenvalue weighted by Crippen LogP contribution is -2.36. The van der Waals surface area contributed by atoms with E-state index in [-0.39, 0.29) is 24.2 Å². The molecule has 0 bridgehead atoms. The third-order valence-corrected chi connectivity index (χ3v) is 5.51. The summed E-state index contributed by atoms with van der Waals surface area (Å²) in [4.78, 5) is 6.74. The molecule has 4 rings (SSSR count). The van der Waals surface area contributed by atoms with Crippen molar-refractivity contribution < 1.29 is 45.4 Å². The quantitative estimate of drug-likeness (QED) is 0.271. The van der Waals surface area contributed by atoms with Crippen LogP contribution in [0, 0.1) is 5.89 Å². The summed E-state index contributed by atoms with van der Waals surface area (Å²) in [6.45, 7) is -8.10. The maximum Gasteiger partial charge on any atom is 0.416 e. The van der Waals surface area contributed by atoms with Crippen molar-refractivity contribution in [3.05, 3.63) is 69.8 Å². The first-order valence-corrected chi connectivity index (χ1v) is 10.7. The summed E-state index contributed by atoms with van der Waals surface area (Å²) in [5, 5.41) is 3.38. The molecule has 35 heavy (non-hydrogen) atoms. The predicted octanol–water partition coefficient (Wildman–Crippen LogP) is 7.71. The van der Waals surface area contributed by atoms with Crippen molar-refractivity contribution in [1.82, 2.24) is 4.90 Å². The van der Waals surface area contributed by atoms with E-state index in [0.717, 1.165) is 18.6 Å². The van der Waals surface area contributed by atoms with Crippen LogP contribution in [0.5, 0.6) is 0 Å². The zero-order valence-electron chi connectivity index (χ0n) is 38.7. The molecule has 1 saturated carbocycles. The smallest absolute Gasteiger partial charge is 0.391 e. The minimum Gasteiger partial charge on any atom is -0.391 e. The number of rotatable bonds is 8. The number of alkyl halides is 3. The largest absolute Gasteiger partial charge is 0.416 e. The Kier molecular flexibility index (Phi) is 3.37. The van der Waals surface area contributed by atoms with Crippen LogP contribution in [0.25, 0.3) is 0 Å². The summed E-state index contributed by atoms with van der Waals surface area (Å²) in [6.07, 6.45) is -23.5. The third-order valence-electron chi connectivity index (χ3n) is 5.51. The highest BCUT2D eigenvalue weighted by atomic mass is 19.4. The zero-order chi connectivity index (χ0) is 42.6. The van der Waals surface area contributed by atoms with Gasteiger partial charge in [-0.2, -0.15) is 13.2 Å². The van der Waals surface area contributed by atoms with Gasteiger partial charge in [0.15, 0.2) is 0 Å². The lowest BCUT2D eigenvalue weighted by molar-refractivity contribution is -0.138. The van der Waals surface area contributed by atoms with Crippen LogP contribution in [0.4, 0.5) is 13.2 Å². The number of oxime groups is 1. The van der Waals surface area contributed by atoms with Crippen LogP contribution < -0.4 is 0 Å². The zero-order valence-corrected chi connectivity index (χ0v) is 18.7. The summed E-state index contributed by atoms with van der Waals surface area (Å²) in [5.41, 5.74) is -6.56. The van der Waals surface area contributed by atoms with Gasteiger partial charge < -0.3 is 4.84 Å². The fourth-order valence-electron chi connectivity index (χ4n) is 3.50. The normalized spacial score (nSPS) is 41.5. The molecular weight excluding hydrogens is 449 g/mol. The van der Waals surface area contributed by atoms with Crippen molar-refractivity contribution >= 4 is 5.71 Å². The van der Waals surface area contributed by atoms with E-state index in [9.17, 15) is 13.2 Å². The first-order valence-electron chi connectivity index (χ1n) is 20.7. The Morgan fingerprint density at radius 2 is 1.97 bits per heavy atom. The summed E-state index contributed by atoms with van der Waals surface area (Å²) < 4.78 is 209. The molecule has 0 atom stereocenters. The maximum absolute atomic E-state index is 14.7. The van der Waals surface area contributed by atoms with Gasteiger partial charge in [-0.15, -0.1) is 0 Å². The van der Waals surface area contributed by atoms with Crippen molar-refractivity contribution in [2.75, 3.05) is 13.1 Å². The van der Waals surface area contributed by atoms with Gasteiger partial charge in [-0.25, -0.2) is 0 Å². The molecule has 1 aliphatic carbocycles. The van der Waals surface area contributed by atoms with E-state index >= 15 is 0 Å². The van der Waals surface area contributed by atoms with Gasteiger partial charge in [0.2, 0.25) is 0 Å². The van der Waals surface area contributed by atoms with Gasteiger partial charge in [-0.3, -0.25) is 4.90 Å². The average Bonchev–Trinajstić information content (AvgIpc) is 2.99. The van der Waals surface area contributed by atoms with E-state index < -0.39 is 104 Å². The van der Waals surface area contributed by atoms with Crippen molar-refractivity contribution in [2.24, 2.45) is 11.0 Å². The third kappa shape index (κ3) is 6.46. The molecule has 2 aromatic rings. The second-order valence-electron chi connectivity index (χ2n) is 8.02. The van der Waals surface area contributed by atoms with Crippen LogP contribution in [-0.4, -0.2) is 23.7 Å². The van der Waals surface area contributed by atoms with Crippen LogP contribution in [0.2, 0.25) is 0 Å². The molecule has 3 nitrogen and oxygen atoms in total. The van der Waals surface area contributed by atoms with E-state index in [1.807, 2.05) is 4.90 Å². The lowest BCUT2D eigenvalue weighted by atomic mass is 9.78. The van der Waals surface area contributed by atoms with Crippen molar-refractivity contribution in [1.29, 1.82) is 0 Å². The van der Waals surface area contributed by atoms with E-state index in [1.165, 1.54) is 6.07 Å². The summed E-state index contributed by atoms with van der Waals surface area (Å²) in [5.74, 6) is -7.36. The summed E-state index contributed by atoms with van der Waals surface area (Å²) in [7, 11) is 0. The van der Waals surface area contributed by atoms with Crippen LogP contribution in [0.15, 0.2) is 41.6 Å². The number of hydrogen-bond donors (Lipinski definition) is 0. The Morgan fingerprint density at radius 3 is 2.63 bits per heavy atom. The number of nitrogens with zero attached hydrogens (tertiary/aromatic N) is 2. The number of halogens is 3. The lowest BCUT2D eigenvalue weighted by Gasteiger charge is -2.31. The first kappa shape index (κ1) is 10.6. The van der Waals surface area contributed by atoms with Gasteiger partial charge in [0.05, 0.1) is 14.0 Å². The number of aryl methyl sites for hydroxylation is 1. The molecule has 190 valence electrons. The molecule has 1 saturated heterocycles. The van der Waals surface area contributed by atoms with Gasteiger partial charge in [0, 0.05) is 31.2 Å². The second-order valence-corrected chi connectivity index (χ2v) is 8.02. The van der Waals surface area contributed by atoms with Crippen molar-refractivity contribution in [3.63, 3.8) is 0 Å². The minimum absolute atomic E-state index is 0.0322. The fourth-order valence-corrected chi connectivity index (χ4v) is 3.50. The predicted molar refractivity (Wildman–Crippen MR) is 135 cm³/mol. The van der Waals surface area contributed by atoms with Crippen molar-refractivity contribution in [2.45, 2.75) is 84.1 Å². The van der Waals surface area contributed by atoms with E-state index in [1.54, 1.807) is 0 Å². The topological polar surface area (TPSA) is 24.8 Å². The van der Waals surface area contributed by atoms with Gasteiger partial charge in [-0.1, -0.05) is 55.9 Å². The van der Waals surface area contributed by atoms with E-state index in [2.05, 4.69) is 5.16 Å². The Balaban J connectivity index is 1.88. The highest BCUT2D eigenvalue weighted by Gasteiger charge is 2.36. The second kappa shape index (κ2) is 11.2. The Hall–Kier alpha value is -2.34. The Labute approximate surface area is 235 Å². The van der Waals surface area contributed by atoms with Gasteiger partial charge in [0.1, 0.15) is 6.56 Å². The number of likely N-dealkylation sites (tertiary alicyclic amines) is 1. The SMILES string of the molecule is [2H]C([2H])([2H])/C(=N\OC([2H])([2H])c1ccc(C2([2H])C([2H])([2H])C([2H])([2H])C([2H])(C)C([2H])([2H])C2([2H])[2H])c(C(F)(F)F)c1)c1ccc(CN2CCC2)c(C([2H])([2H])C([2H])([2H])[2H])c1. The number of hydrogen-bond acceptors (Lipinski definition) is 3. The van der Waals surface area contributed by atoms with Gasteiger partial charge >= 0.3 is 6.18 Å². The van der Waals surface area contributed by atoms with Crippen molar-refractivity contribution in [3.8, 4) is 0 Å². The van der Waals surface area contributed by atoms with Crippen LogP contribution >= 0.6 is 0 Å². The standard InChI is InChI=1S/C29H37F3N2O/c1-4-23-17-25(11-12-26(23)18-34-14-5-15-34)21(3)33-35-19-22-8-13-27(28(16-22)29(30,31)32)24-9-6-20(2)7-10-24/h8,11-13,16-17,20,24H,4-7,9-10,14-15,18-19H2,1-3H3/b33-21+/i1D3,3D3,4D2,6D2,7D2,9D2,10D2,19D2,20D,24D. The Morgan fingerprint density at radius 1 is 1.17 bits per heavy atom. The molecule has 0 N–H and O–H groups in total. The molecular formula is C29H37F3N2O. The Bertz CT molecular complexity index is 1800. The van der Waals surface area contributed by atoms with Crippen LogP contribution in [0.1, 0.15) is 119 Å². The average molecular weight is 507 g/mol. The van der Waals surface area contributed by atoms with Crippen LogP contribution in [-0.2, 0) is 30.5 Å². The molecule has 2 aromatic carbocycles. The maximum atomic E-state index is 14.7. The summed E-state index contributed by atoms with van der Waals surface area (Å²) in [6, 6.07) is 4.01. The molecule has 1 aliphatic heterocycles. The fraction of sp³-hybridized carbons (Fsp3) is 0.552.